The van der Waals surface area contributed by atoms with Gasteiger partial charge in [-0.3, -0.25) is 4.79 Å². The van der Waals surface area contributed by atoms with Crippen LogP contribution in [0.15, 0.2) is 18.2 Å². The molecular formula is C13H17NO3. The molecule has 0 radical (unpaired) electrons. The van der Waals surface area contributed by atoms with Crippen molar-refractivity contribution in [2.24, 2.45) is 5.92 Å². The minimum absolute atomic E-state index is 0.205. The van der Waals surface area contributed by atoms with E-state index < -0.39 is 0 Å². The predicted molar refractivity (Wildman–Crippen MR) is 65.8 cm³/mol. The monoisotopic (exact) mass is 235 g/mol. The van der Waals surface area contributed by atoms with E-state index in [9.17, 15) is 4.79 Å². The number of hydrogen-bond donors (Lipinski definition) is 1. The number of aliphatic hydroxyl groups is 1. The second-order valence-electron chi connectivity index (χ2n) is 4.33. The van der Waals surface area contributed by atoms with Gasteiger partial charge in [-0.1, -0.05) is 0 Å². The lowest BCUT2D eigenvalue weighted by Crippen LogP contribution is -2.21. The van der Waals surface area contributed by atoms with Gasteiger partial charge in [-0.05, 0) is 18.6 Å². The summed E-state index contributed by atoms with van der Waals surface area (Å²) < 4.78 is 5.18. The highest BCUT2D eigenvalue weighted by atomic mass is 16.5. The van der Waals surface area contributed by atoms with E-state index in [1.807, 2.05) is 6.07 Å². The van der Waals surface area contributed by atoms with Gasteiger partial charge in [0.2, 0.25) is 0 Å². The molecule has 1 N–H and O–H groups in total. The van der Waals surface area contributed by atoms with E-state index in [1.165, 1.54) is 0 Å². The Balaban J connectivity index is 2.27. The van der Waals surface area contributed by atoms with Crippen LogP contribution in [-0.2, 0) is 0 Å². The van der Waals surface area contributed by atoms with Crippen molar-refractivity contribution in [3.8, 4) is 5.75 Å². The molecule has 17 heavy (non-hydrogen) atoms. The molecule has 0 spiro atoms. The molecule has 0 aromatic heterocycles. The molecule has 1 aromatic rings. The quantitative estimate of drug-likeness (QED) is 0.800. The van der Waals surface area contributed by atoms with Crippen LogP contribution in [0.3, 0.4) is 0 Å². The van der Waals surface area contributed by atoms with E-state index in [1.54, 1.807) is 19.2 Å². The molecule has 2 rings (SSSR count). The Kier molecular flexibility index (Phi) is 3.64. The molecule has 92 valence electrons. The van der Waals surface area contributed by atoms with Gasteiger partial charge in [0.25, 0.3) is 0 Å². The van der Waals surface area contributed by atoms with Crippen molar-refractivity contribution >= 4 is 12.0 Å². The molecule has 4 heteroatoms. The van der Waals surface area contributed by atoms with Gasteiger partial charge in [-0.2, -0.15) is 0 Å². The third-order valence-electron chi connectivity index (χ3n) is 3.25. The fourth-order valence-electron chi connectivity index (χ4n) is 2.22. The second-order valence-corrected chi connectivity index (χ2v) is 4.33. The molecule has 1 fully saturated rings. The van der Waals surface area contributed by atoms with Crippen molar-refractivity contribution in [2.45, 2.75) is 6.42 Å². The van der Waals surface area contributed by atoms with Crippen LogP contribution in [-0.4, -0.2) is 38.2 Å². The average Bonchev–Trinajstić information content (AvgIpc) is 2.86. The number of anilines is 1. The predicted octanol–water partition coefficient (Wildman–Crippen LogP) is 1.33. The highest BCUT2D eigenvalue weighted by Gasteiger charge is 2.23. The number of methoxy groups -OCH3 is 1. The molecule has 0 bridgehead atoms. The van der Waals surface area contributed by atoms with Crippen molar-refractivity contribution in [3.05, 3.63) is 23.8 Å². The number of benzene rings is 1. The van der Waals surface area contributed by atoms with Gasteiger partial charge >= 0.3 is 0 Å². The van der Waals surface area contributed by atoms with Gasteiger partial charge in [-0.25, -0.2) is 0 Å². The Morgan fingerprint density at radius 2 is 2.41 bits per heavy atom. The first-order valence-electron chi connectivity index (χ1n) is 5.77. The van der Waals surface area contributed by atoms with Gasteiger partial charge in [-0.15, -0.1) is 0 Å². The Morgan fingerprint density at radius 3 is 3.00 bits per heavy atom. The van der Waals surface area contributed by atoms with E-state index >= 15 is 0 Å². The molecule has 1 aliphatic rings. The molecule has 1 aromatic carbocycles. The van der Waals surface area contributed by atoms with Crippen LogP contribution in [0.4, 0.5) is 5.69 Å². The lowest BCUT2D eigenvalue weighted by Gasteiger charge is -2.20. The highest BCUT2D eigenvalue weighted by molar-refractivity contribution is 5.85. The summed E-state index contributed by atoms with van der Waals surface area (Å²) in [5.74, 6) is 1.05. The fraction of sp³-hybridized carbons (Fsp3) is 0.462. The second kappa shape index (κ2) is 5.19. The van der Waals surface area contributed by atoms with Crippen LogP contribution >= 0.6 is 0 Å². The van der Waals surface area contributed by atoms with E-state index in [0.29, 0.717) is 11.5 Å². The summed E-state index contributed by atoms with van der Waals surface area (Å²) in [4.78, 5) is 13.1. The number of rotatable bonds is 4. The van der Waals surface area contributed by atoms with E-state index in [0.717, 1.165) is 37.2 Å². The maximum Gasteiger partial charge on any atom is 0.152 e. The zero-order chi connectivity index (χ0) is 12.3. The summed E-state index contributed by atoms with van der Waals surface area (Å²) in [5, 5.41) is 9.14. The van der Waals surface area contributed by atoms with Crippen LogP contribution in [0, 0.1) is 5.92 Å². The van der Waals surface area contributed by atoms with Crippen LogP contribution in [0.1, 0.15) is 16.8 Å². The summed E-state index contributed by atoms with van der Waals surface area (Å²) in [7, 11) is 1.61. The van der Waals surface area contributed by atoms with Crippen LogP contribution < -0.4 is 9.64 Å². The third-order valence-corrected chi connectivity index (χ3v) is 3.25. The van der Waals surface area contributed by atoms with E-state index in [-0.39, 0.29) is 6.61 Å². The number of aliphatic hydroxyl groups excluding tert-OH is 1. The summed E-state index contributed by atoms with van der Waals surface area (Å²) >= 11 is 0. The van der Waals surface area contributed by atoms with Crippen molar-refractivity contribution < 1.29 is 14.6 Å². The molecular weight excluding hydrogens is 218 g/mol. The molecule has 0 aliphatic carbocycles. The number of carbonyl (C=O) groups is 1. The molecule has 0 amide bonds. The minimum Gasteiger partial charge on any atom is -0.497 e. The van der Waals surface area contributed by atoms with Crippen molar-refractivity contribution in [2.75, 3.05) is 31.7 Å². The lowest BCUT2D eigenvalue weighted by atomic mass is 10.1. The van der Waals surface area contributed by atoms with Gasteiger partial charge in [0.15, 0.2) is 6.29 Å². The van der Waals surface area contributed by atoms with Gasteiger partial charge in [0.1, 0.15) is 5.75 Å². The summed E-state index contributed by atoms with van der Waals surface area (Å²) in [6, 6.07) is 5.43. The Bertz CT molecular complexity index is 406. The molecule has 1 atom stereocenters. The lowest BCUT2D eigenvalue weighted by molar-refractivity contribution is 0.112. The van der Waals surface area contributed by atoms with Crippen LogP contribution in [0.5, 0.6) is 5.75 Å². The summed E-state index contributed by atoms with van der Waals surface area (Å²) in [6.07, 6.45) is 1.83. The van der Waals surface area contributed by atoms with Gasteiger partial charge in [0.05, 0.1) is 12.8 Å². The SMILES string of the molecule is COc1ccc(C=O)c(N2CC[C@H](CO)C2)c1. The summed E-state index contributed by atoms with van der Waals surface area (Å²) in [5.41, 5.74) is 1.57. The zero-order valence-corrected chi connectivity index (χ0v) is 9.93. The largest absolute Gasteiger partial charge is 0.497 e. The Morgan fingerprint density at radius 1 is 1.59 bits per heavy atom. The summed E-state index contributed by atoms with van der Waals surface area (Å²) in [6.45, 7) is 1.88. The first-order valence-corrected chi connectivity index (χ1v) is 5.77. The first-order chi connectivity index (χ1) is 8.28. The zero-order valence-electron chi connectivity index (χ0n) is 9.93. The topological polar surface area (TPSA) is 49.8 Å². The minimum atomic E-state index is 0.205. The molecule has 1 aliphatic heterocycles. The number of ether oxygens (including phenoxy) is 1. The van der Waals surface area contributed by atoms with E-state index in [2.05, 4.69) is 4.90 Å². The van der Waals surface area contributed by atoms with E-state index in [4.69, 9.17) is 9.84 Å². The highest BCUT2D eigenvalue weighted by Crippen LogP contribution is 2.29. The molecule has 0 unspecified atom stereocenters. The average molecular weight is 235 g/mol. The van der Waals surface area contributed by atoms with Crippen LogP contribution in [0.2, 0.25) is 0 Å². The number of carbonyl (C=O) groups excluding carboxylic acids is 1. The normalized spacial score (nSPS) is 19.4. The Labute approximate surface area is 101 Å². The fourth-order valence-corrected chi connectivity index (χ4v) is 2.22. The molecule has 0 saturated carbocycles. The number of nitrogens with zero attached hydrogens (tertiary/aromatic N) is 1. The smallest absolute Gasteiger partial charge is 0.152 e. The standard InChI is InChI=1S/C13H17NO3/c1-17-12-3-2-11(9-16)13(6-12)14-5-4-10(7-14)8-15/h2-3,6,9-10,15H,4-5,7-8H2,1H3/t10-/m0/s1. The Hall–Kier alpha value is -1.55. The molecule has 4 nitrogen and oxygen atoms in total. The third kappa shape index (κ3) is 2.42. The number of aldehydes is 1. The van der Waals surface area contributed by atoms with Crippen molar-refractivity contribution in [3.63, 3.8) is 0 Å². The van der Waals surface area contributed by atoms with Crippen molar-refractivity contribution in [1.29, 1.82) is 0 Å². The number of hydrogen-bond acceptors (Lipinski definition) is 4. The molecule has 1 saturated heterocycles. The van der Waals surface area contributed by atoms with Crippen LogP contribution in [0.25, 0.3) is 0 Å². The maximum atomic E-state index is 11.0. The molecule has 1 heterocycles. The van der Waals surface area contributed by atoms with Crippen molar-refractivity contribution in [1.82, 2.24) is 0 Å². The van der Waals surface area contributed by atoms with Gasteiger partial charge < -0.3 is 14.7 Å². The maximum absolute atomic E-state index is 11.0. The van der Waals surface area contributed by atoms with Gasteiger partial charge in [0, 0.05) is 37.2 Å². The first kappa shape index (κ1) is 11.9.